The molecule has 0 unspecified atom stereocenters. The van der Waals surface area contributed by atoms with Crippen LogP contribution in [0, 0.1) is 0 Å². The van der Waals surface area contributed by atoms with Gasteiger partial charge in [0, 0.05) is 22.2 Å². The molecule has 2 aromatic rings. The van der Waals surface area contributed by atoms with Gasteiger partial charge in [0.15, 0.2) is 30.4 Å². The zero-order chi connectivity index (χ0) is 16.8. The van der Waals surface area contributed by atoms with Crippen molar-refractivity contribution < 1.29 is 14.0 Å². The van der Waals surface area contributed by atoms with Gasteiger partial charge in [-0.25, -0.2) is 4.57 Å². The lowest BCUT2D eigenvalue weighted by Gasteiger charge is -2.12. The van der Waals surface area contributed by atoms with Crippen molar-refractivity contribution in [1.29, 1.82) is 0 Å². The molecule has 0 fully saturated rings. The number of methoxy groups -OCH3 is 2. The highest BCUT2D eigenvalue weighted by Gasteiger charge is 2.14. The molecule has 0 aliphatic heterocycles. The van der Waals surface area contributed by atoms with E-state index >= 15 is 0 Å². The molecule has 0 atom stereocenters. The topological polar surface area (TPSA) is 22.3 Å². The first-order chi connectivity index (χ1) is 11.1. The molecule has 4 heteroatoms. The molecular weight excluding hydrogens is 354 g/mol. The minimum Gasteiger partial charge on any atom is -0.493 e. The Labute approximate surface area is 147 Å². The zero-order valence-corrected chi connectivity index (χ0v) is 15.9. The van der Waals surface area contributed by atoms with Gasteiger partial charge >= 0.3 is 0 Å². The summed E-state index contributed by atoms with van der Waals surface area (Å²) in [6, 6.07) is 8.43. The summed E-state index contributed by atoms with van der Waals surface area (Å²) in [7, 11) is 3.31. The minimum absolute atomic E-state index is 0.650. The summed E-state index contributed by atoms with van der Waals surface area (Å²) in [4.78, 5) is 0. The van der Waals surface area contributed by atoms with Crippen molar-refractivity contribution in [1.82, 2.24) is 0 Å². The van der Waals surface area contributed by atoms with Crippen molar-refractivity contribution in [2.24, 2.45) is 0 Å². The number of nitrogens with zero attached hydrogens (tertiary/aromatic N) is 1. The Bertz CT molecular complexity index is 637. The molecule has 23 heavy (non-hydrogen) atoms. The van der Waals surface area contributed by atoms with Gasteiger partial charge in [0.2, 0.25) is 0 Å². The molecular formula is C19H25BrNO2+. The van der Waals surface area contributed by atoms with Gasteiger partial charge in [0.1, 0.15) is 0 Å². The first-order valence-electron chi connectivity index (χ1n) is 8.02. The van der Waals surface area contributed by atoms with Crippen LogP contribution in [0.15, 0.2) is 41.1 Å². The third-order valence-corrected chi connectivity index (χ3v) is 5.02. The van der Waals surface area contributed by atoms with Crippen LogP contribution in [-0.2, 0) is 6.54 Å². The Morgan fingerprint density at radius 2 is 1.57 bits per heavy atom. The highest BCUT2D eigenvalue weighted by atomic mass is 79.9. The molecule has 0 radical (unpaired) electrons. The summed E-state index contributed by atoms with van der Waals surface area (Å²) in [5, 5.41) is 0. The maximum Gasteiger partial charge on any atom is 0.175 e. The molecule has 3 nitrogen and oxygen atoms in total. The van der Waals surface area contributed by atoms with E-state index in [1.165, 1.54) is 18.4 Å². The highest BCUT2D eigenvalue weighted by Crippen LogP contribution is 2.33. The van der Waals surface area contributed by atoms with E-state index in [1.807, 2.05) is 12.1 Å². The van der Waals surface area contributed by atoms with Crippen LogP contribution in [0.4, 0.5) is 0 Å². The SMILES string of the molecule is CCC(CC)c1cc[n+](Cc2cc(OC)c(OC)cc2Br)cc1. The van der Waals surface area contributed by atoms with E-state index in [2.05, 4.69) is 58.9 Å². The molecule has 0 spiro atoms. The fraction of sp³-hybridized carbons (Fsp3) is 0.421. The van der Waals surface area contributed by atoms with Crippen LogP contribution in [0.5, 0.6) is 11.5 Å². The third kappa shape index (κ3) is 4.25. The van der Waals surface area contributed by atoms with Crippen LogP contribution in [-0.4, -0.2) is 14.2 Å². The van der Waals surface area contributed by atoms with Gasteiger partial charge in [-0.15, -0.1) is 0 Å². The maximum absolute atomic E-state index is 5.39. The first kappa shape index (κ1) is 17.8. The lowest BCUT2D eigenvalue weighted by molar-refractivity contribution is -0.688. The van der Waals surface area contributed by atoms with E-state index in [-0.39, 0.29) is 0 Å². The monoisotopic (exact) mass is 378 g/mol. The van der Waals surface area contributed by atoms with E-state index in [0.29, 0.717) is 5.92 Å². The molecule has 1 heterocycles. The second kappa shape index (κ2) is 8.34. The summed E-state index contributed by atoms with van der Waals surface area (Å²) in [5.74, 6) is 2.13. The number of pyridine rings is 1. The molecule has 0 aliphatic carbocycles. The lowest BCUT2D eigenvalue weighted by atomic mass is 9.95. The van der Waals surface area contributed by atoms with E-state index in [0.717, 1.165) is 28.1 Å². The molecule has 2 rings (SSSR count). The second-order valence-electron chi connectivity index (χ2n) is 5.62. The van der Waals surface area contributed by atoms with Crippen molar-refractivity contribution >= 4 is 15.9 Å². The Balaban J connectivity index is 2.22. The van der Waals surface area contributed by atoms with Crippen molar-refractivity contribution in [3.63, 3.8) is 0 Å². The predicted molar refractivity (Wildman–Crippen MR) is 96.3 cm³/mol. The van der Waals surface area contributed by atoms with E-state index < -0.39 is 0 Å². The standard InChI is InChI=1S/C19H25BrNO2/c1-5-14(6-2)15-7-9-21(10-8-15)13-16-11-18(22-3)19(23-4)12-17(16)20/h7-12,14H,5-6,13H2,1-4H3/q+1. The van der Waals surface area contributed by atoms with E-state index in [4.69, 9.17) is 9.47 Å². The molecule has 1 aromatic heterocycles. The first-order valence-corrected chi connectivity index (χ1v) is 8.81. The summed E-state index contributed by atoms with van der Waals surface area (Å²) in [5.41, 5.74) is 2.57. The predicted octanol–water partition coefficient (Wildman–Crippen LogP) is 4.71. The second-order valence-corrected chi connectivity index (χ2v) is 6.47. The number of halogens is 1. The van der Waals surface area contributed by atoms with Gasteiger partial charge in [-0.1, -0.05) is 29.8 Å². The summed E-state index contributed by atoms with van der Waals surface area (Å²) >= 11 is 3.62. The number of rotatable bonds is 7. The molecule has 0 N–H and O–H groups in total. The van der Waals surface area contributed by atoms with Crippen LogP contribution >= 0.6 is 15.9 Å². The number of aromatic nitrogens is 1. The average Bonchev–Trinajstić information content (AvgIpc) is 2.58. The number of benzene rings is 1. The Morgan fingerprint density at radius 3 is 2.09 bits per heavy atom. The zero-order valence-electron chi connectivity index (χ0n) is 14.3. The van der Waals surface area contributed by atoms with Crippen molar-refractivity contribution in [2.45, 2.75) is 39.2 Å². The van der Waals surface area contributed by atoms with Gasteiger partial charge in [0.25, 0.3) is 0 Å². The number of hydrogen-bond donors (Lipinski definition) is 0. The third-order valence-electron chi connectivity index (χ3n) is 4.28. The Hall–Kier alpha value is -1.55. The maximum atomic E-state index is 5.39. The number of ether oxygens (including phenoxy) is 2. The van der Waals surface area contributed by atoms with Crippen LogP contribution in [0.1, 0.15) is 43.7 Å². The van der Waals surface area contributed by atoms with Gasteiger partial charge in [-0.2, -0.15) is 0 Å². The lowest BCUT2D eigenvalue weighted by Crippen LogP contribution is -2.33. The van der Waals surface area contributed by atoms with Gasteiger partial charge in [-0.3, -0.25) is 0 Å². The normalized spacial score (nSPS) is 10.9. The van der Waals surface area contributed by atoms with Gasteiger partial charge < -0.3 is 9.47 Å². The van der Waals surface area contributed by atoms with Crippen molar-refractivity contribution in [2.75, 3.05) is 14.2 Å². The Kier molecular flexibility index (Phi) is 6.46. The van der Waals surface area contributed by atoms with E-state index in [1.54, 1.807) is 14.2 Å². The van der Waals surface area contributed by atoms with Gasteiger partial charge in [-0.05, 0) is 36.5 Å². The van der Waals surface area contributed by atoms with Crippen molar-refractivity contribution in [3.05, 3.63) is 52.3 Å². The summed E-state index contributed by atoms with van der Waals surface area (Å²) in [6.45, 7) is 5.27. The quantitative estimate of drug-likeness (QED) is 0.651. The molecule has 0 aliphatic rings. The van der Waals surface area contributed by atoms with Crippen molar-refractivity contribution in [3.8, 4) is 11.5 Å². The Morgan fingerprint density at radius 1 is 1.00 bits per heavy atom. The molecule has 0 amide bonds. The summed E-state index contributed by atoms with van der Waals surface area (Å²) < 4.78 is 13.9. The molecule has 1 aromatic carbocycles. The number of hydrogen-bond acceptors (Lipinski definition) is 2. The summed E-state index contributed by atoms with van der Waals surface area (Å²) in [6.07, 6.45) is 6.66. The molecule has 124 valence electrons. The fourth-order valence-corrected chi connectivity index (χ4v) is 3.27. The van der Waals surface area contributed by atoms with Crippen LogP contribution in [0.3, 0.4) is 0 Å². The molecule has 0 saturated heterocycles. The van der Waals surface area contributed by atoms with Crippen LogP contribution in [0.2, 0.25) is 0 Å². The minimum atomic E-state index is 0.650. The van der Waals surface area contributed by atoms with E-state index in [9.17, 15) is 0 Å². The van der Waals surface area contributed by atoms with Crippen LogP contribution < -0.4 is 14.0 Å². The molecule has 0 bridgehead atoms. The van der Waals surface area contributed by atoms with Crippen LogP contribution in [0.25, 0.3) is 0 Å². The smallest absolute Gasteiger partial charge is 0.175 e. The molecule has 0 saturated carbocycles. The fourth-order valence-electron chi connectivity index (χ4n) is 2.82. The van der Waals surface area contributed by atoms with Gasteiger partial charge in [0.05, 0.1) is 14.2 Å². The largest absolute Gasteiger partial charge is 0.493 e. The highest BCUT2D eigenvalue weighted by molar-refractivity contribution is 9.10. The average molecular weight is 379 g/mol.